The lowest BCUT2D eigenvalue weighted by atomic mass is 10.2. The summed E-state index contributed by atoms with van der Waals surface area (Å²) in [7, 11) is 3.98. The standard InChI is InChI=1S/C14H17F2N3/c1-18(2)8-4-9-19-10-7-17-14(19)13-11(15)5-3-6-12(13)16/h3,5-7,10H,4,8-9H2,1-2H3. The van der Waals surface area contributed by atoms with E-state index in [0.29, 0.717) is 12.4 Å². The number of aromatic nitrogens is 2. The maximum Gasteiger partial charge on any atom is 0.145 e. The number of aryl methyl sites for hydroxylation is 1. The fourth-order valence-corrected chi connectivity index (χ4v) is 1.99. The van der Waals surface area contributed by atoms with Gasteiger partial charge in [-0.05, 0) is 39.2 Å². The molecule has 0 bridgehead atoms. The highest BCUT2D eigenvalue weighted by atomic mass is 19.1. The van der Waals surface area contributed by atoms with E-state index >= 15 is 0 Å². The van der Waals surface area contributed by atoms with Crippen LogP contribution in [0.15, 0.2) is 30.6 Å². The van der Waals surface area contributed by atoms with E-state index in [2.05, 4.69) is 9.88 Å². The van der Waals surface area contributed by atoms with Crippen LogP contribution < -0.4 is 0 Å². The molecule has 0 N–H and O–H groups in total. The summed E-state index contributed by atoms with van der Waals surface area (Å²) >= 11 is 0. The van der Waals surface area contributed by atoms with Crippen LogP contribution in [0.5, 0.6) is 0 Å². The molecule has 0 saturated carbocycles. The van der Waals surface area contributed by atoms with Crippen molar-refractivity contribution in [3.05, 3.63) is 42.2 Å². The minimum absolute atomic E-state index is 0.0580. The van der Waals surface area contributed by atoms with Gasteiger partial charge in [0.05, 0.1) is 5.56 Å². The smallest absolute Gasteiger partial charge is 0.145 e. The van der Waals surface area contributed by atoms with Gasteiger partial charge in [-0.2, -0.15) is 0 Å². The van der Waals surface area contributed by atoms with Gasteiger partial charge in [0, 0.05) is 18.9 Å². The Hall–Kier alpha value is -1.75. The van der Waals surface area contributed by atoms with Gasteiger partial charge in [-0.15, -0.1) is 0 Å². The highest BCUT2D eigenvalue weighted by Crippen LogP contribution is 2.24. The molecule has 0 fully saturated rings. The van der Waals surface area contributed by atoms with Crippen molar-refractivity contribution in [1.82, 2.24) is 14.5 Å². The summed E-state index contributed by atoms with van der Waals surface area (Å²) in [5.41, 5.74) is -0.0580. The molecule has 0 aliphatic rings. The van der Waals surface area contributed by atoms with Gasteiger partial charge in [0.1, 0.15) is 17.5 Å². The van der Waals surface area contributed by atoms with Gasteiger partial charge in [0.15, 0.2) is 0 Å². The van der Waals surface area contributed by atoms with Gasteiger partial charge in [0.2, 0.25) is 0 Å². The Labute approximate surface area is 111 Å². The molecule has 1 aromatic carbocycles. The lowest BCUT2D eigenvalue weighted by molar-refractivity contribution is 0.387. The van der Waals surface area contributed by atoms with Crippen LogP contribution in [-0.2, 0) is 6.54 Å². The lowest BCUT2D eigenvalue weighted by Crippen LogP contribution is -2.15. The van der Waals surface area contributed by atoms with Crippen LogP contribution in [0.1, 0.15) is 6.42 Å². The Bertz CT molecular complexity index is 529. The second kappa shape index (κ2) is 5.93. The Morgan fingerprint density at radius 1 is 1.21 bits per heavy atom. The van der Waals surface area contributed by atoms with Gasteiger partial charge in [0.25, 0.3) is 0 Å². The van der Waals surface area contributed by atoms with Crippen LogP contribution in [0.4, 0.5) is 8.78 Å². The number of hydrogen-bond donors (Lipinski definition) is 0. The maximum atomic E-state index is 13.7. The largest absolute Gasteiger partial charge is 0.331 e. The Morgan fingerprint density at radius 2 is 1.89 bits per heavy atom. The van der Waals surface area contributed by atoms with Gasteiger partial charge < -0.3 is 9.47 Å². The fourth-order valence-electron chi connectivity index (χ4n) is 1.99. The Balaban J connectivity index is 2.24. The van der Waals surface area contributed by atoms with Crippen LogP contribution >= 0.6 is 0 Å². The topological polar surface area (TPSA) is 21.1 Å². The monoisotopic (exact) mass is 265 g/mol. The SMILES string of the molecule is CN(C)CCCn1ccnc1-c1c(F)cccc1F. The quantitative estimate of drug-likeness (QED) is 0.829. The maximum absolute atomic E-state index is 13.7. The first-order chi connectivity index (χ1) is 9.09. The predicted molar refractivity (Wildman–Crippen MR) is 70.8 cm³/mol. The third kappa shape index (κ3) is 3.17. The molecule has 0 saturated heterocycles. The van der Waals surface area contributed by atoms with Crippen LogP contribution in [0.25, 0.3) is 11.4 Å². The molecule has 5 heteroatoms. The first-order valence-corrected chi connectivity index (χ1v) is 6.20. The van der Waals surface area contributed by atoms with Crippen molar-refractivity contribution >= 4 is 0 Å². The van der Waals surface area contributed by atoms with Crippen molar-refractivity contribution in [2.45, 2.75) is 13.0 Å². The molecule has 0 spiro atoms. The minimum Gasteiger partial charge on any atom is -0.331 e. The summed E-state index contributed by atoms with van der Waals surface area (Å²) in [4.78, 5) is 6.14. The molecular formula is C14H17F2N3. The van der Waals surface area contributed by atoms with Crippen molar-refractivity contribution in [1.29, 1.82) is 0 Å². The normalized spacial score (nSPS) is 11.2. The molecule has 1 heterocycles. The zero-order valence-corrected chi connectivity index (χ0v) is 11.1. The third-order valence-corrected chi connectivity index (χ3v) is 2.91. The van der Waals surface area contributed by atoms with Crippen LogP contribution in [0, 0.1) is 11.6 Å². The Morgan fingerprint density at radius 3 is 2.53 bits per heavy atom. The first kappa shape index (κ1) is 13.7. The second-order valence-corrected chi connectivity index (χ2v) is 4.70. The van der Waals surface area contributed by atoms with Gasteiger partial charge in [-0.1, -0.05) is 6.07 Å². The summed E-state index contributed by atoms with van der Waals surface area (Å²) < 4.78 is 29.3. The number of hydrogen-bond acceptors (Lipinski definition) is 2. The van der Waals surface area contributed by atoms with Crippen molar-refractivity contribution < 1.29 is 8.78 Å². The summed E-state index contributed by atoms with van der Waals surface area (Å²) in [6.45, 7) is 1.60. The number of halogens is 2. The minimum atomic E-state index is -0.583. The molecule has 102 valence electrons. The number of benzene rings is 1. The Kier molecular flexibility index (Phi) is 4.27. The second-order valence-electron chi connectivity index (χ2n) is 4.70. The zero-order chi connectivity index (χ0) is 13.8. The highest BCUT2D eigenvalue weighted by Gasteiger charge is 2.15. The van der Waals surface area contributed by atoms with Crippen LogP contribution in [0.3, 0.4) is 0 Å². The average molecular weight is 265 g/mol. The summed E-state index contributed by atoms with van der Waals surface area (Å²) in [6, 6.07) is 3.85. The molecule has 0 atom stereocenters. The van der Waals surface area contributed by atoms with Crippen molar-refractivity contribution in [2.75, 3.05) is 20.6 Å². The van der Waals surface area contributed by atoms with E-state index in [-0.39, 0.29) is 5.56 Å². The number of rotatable bonds is 5. The molecule has 3 nitrogen and oxygen atoms in total. The van der Waals surface area contributed by atoms with E-state index in [0.717, 1.165) is 13.0 Å². The van der Waals surface area contributed by atoms with E-state index in [4.69, 9.17) is 0 Å². The molecule has 2 aromatic rings. The van der Waals surface area contributed by atoms with E-state index in [1.54, 1.807) is 17.0 Å². The predicted octanol–water partition coefficient (Wildman–Crippen LogP) is 2.78. The third-order valence-electron chi connectivity index (χ3n) is 2.91. The lowest BCUT2D eigenvalue weighted by Gasteiger charge is -2.12. The molecule has 0 amide bonds. The van der Waals surface area contributed by atoms with Crippen LogP contribution in [0.2, 0.25) is 0 Å². The van der Waals surface area contributed by atoms with Crippen LogP contribution in [-0.4, -0.2) is 35.1 Å². The van der Waals surface area contributed by atoms with E-state index in [1.807, 2.05) is 14.1 Å². The van der Waals surface area contributed by atoms with Crippen molar-refractivity contribution in [2.24, 2.45) is 0 Å². The average Bonchev–Trinajstić information content (AvgIpc) is 2.77. The zero-order valence-electron chi connectivity index (χ0n) is 11.1. The first-order valence-electron chi connectivity index (χ1n) is 6.20. The van der Waals surface area contributed by atoms with Gasteiger partial charge in [-0.3, -0.25) is 0 Å². The van der Waals surface area contributed by atoms with Crippen molar-refractivity contribution in [3.8, 4) is 11.4 Å². The molecule has 1 aromatic heterocycles. The molecular weight excluding hydrogens is 248 g/mol. The molecule has 0 radical (unpaired) electrons. The van der Waals surface area contributed by atoms with E-state index in [9.17, 15) is 8.78 Å². The molecule has 19 heavy (non-hydrogen) atoms. The number of imidazole rings is 1. The molecule has 0 aliphatic heterocycles. The van der Waals surface area contributed by atoms with E-state index < -0.39 is 11.6 Å². The summed E-state index contributed by atoms with van der Waals surface area (Å²) in [5, 5.41) is 0. The van der Waals surface area contributed by atoms with Gasteiger partial charge in [-0.25, -0.2) is 13.8 Å². The molecule has 0 aliphatic carbocycles. The highest BCUT2D eigenvalue weighted by molar-refractivity contribution is 5.57. The fraction of sp³-hybridized carbons (Fsp3) is 0.357. The number of nitrogens with zero attached hydrogens (tertiary/aromatic N) is 3. The molecule has 2 rings (SSSR count). The van der Waals surface area contributed by atoms with E-state index in [1.165, 1.54) is 18.2 Å². The van der Waals surface area contributed by atoms with Gasteiger partial charge >= 0.3 is 0 Å². The molecule has 0 unspecified atom stereocenters. The summed E-state index contributed by atoms with van der Waals surface area (Å²) in [5.74, 6) is -0.825. The van der Waals surface area contributed by atoms with Crippen molar-refractivity contribution in [3.63, 3.8) is 0 Å². The summed E-state index contributed by atoms with van der Waals surface area (Å²) in [6.07, 6.45) is 4.21.